The normalized spacial score (nSPS) is 10.6. The number of aromatic nitrogens is 3. The summed E-state index contributed by atoms with van der Waals surface area (Å²) in [6.07, 6.45) is 3.58. The van der Waals surface area contributed by atoms with Crippen LogP contribution in [-0.4, -0.2) is 22.0 Å². The molecule has 0 amide bonds. The Balaban J connectivity index is 2.07. The number of anilines is 1. The molecular weight excluding hydrogens is 232 g/mol. The third-order valence-electron chi connectivity index (χ3n) is 2.43. The molecule has 17 heavy (non-hydrogen) atoms. The number of pyridine rings is 2. The summed E-state index contributed by atoms with van der Waals surface area (Å²) >= 11 is 1.63. The van der Waals surface area contributed by atoms with Gasteiger partial charge in [-0.1, -0.05) is 0 Å². The lowest BCUT2D eigenvalue weighted by atomic mass is 10.3. The zero-order chi connectivity index (χ0) is 11.7. The molecule has 0 aliphatic rings. The smallest absolute Gasteiger partial charge is 0.170 e. The fourth-order valence-corrected chi connectivity index (χ4v) is 2.48. The second-order valence-electron chi connectivity index (χ2n) is 3.53. The van der Waals surface area contributed by atoms with Crippen molar-refractivity contribution in [2.75, 3.05) is 12.4 Å². The van der Waals surface area contributed by atoms with E-state index in [1.54, 1.807) is 17.5 Å². The standard InChI is InChI=1S/C12H10N4S/c1-13-10-5-4-8(7-15-10)12-16-11-9(17-12)3-2-6-14-11/h2-7H,1H3,(H,13,15). The van der Waals surface area contributed by atoms with E-state index < -0.39 is 0 Å². The second kappa shape index (κ2) is 4.10. The Morgan fingerprint density at radius 1 is 1.18 bits per heavy atom. The molecule has 0 spiro atoms. The van der Waals surface area contributed by atoms with E-state index in [1.807, 2.05) is 37.5 Å². The van der Waals surface area contributed by atoms with Crippen molar-refractivity contribution in [1.82, 2.24) is 15.0 Å². The summed E-state index contributed by atoms with van der Waals surface area (Å²) in [5.74, 6) is 0.855. The molecule has 0 bridgehead atoms. The molecule has 0 unspecified atom stereocenters. The summed E-state index contributed by atoms with van der Waals surface area (Å²) in [4.78, 5) is 13.0. The number of hydrogen-bond donors (Lipinski definition) is 1. The van der Waals surface area contributed by atoms with Crippen LogP contribution in [0.1, 0.15) is 0 Å². The van der Waals surface area contributed by atoms with E-state index in [-0.39, 0.29) is 0 Å². The molecule has 0 atom stereocenters. The Morgan fingerprint density at radius 2 is 2.12 bits per heavy atom. The van der Waals surface area contributed by atoms with Gasteiger partial charge in [0.05, 0.1) is 4.70 Å². The molecule has 5 heteroatoms. The van der Waals surface area contributed by atoms with Gasteiger partial charge < -0.3 is 5.32 Å². The van der Waals surface area contributed by atoms with E-state index in [0.717, 1.165) is 26.7 Å². The van der Waals surface area contributed by atoms with Gasteiger partial charge in [0.1, 0.15) is 10.8 Å². The average molecular weight is 242 g/mol. The van der Waals surface area contributed by atoms with Gasteiger partial charge in [-0.05, 0) is 24.3 Å². The van der Waals surface area contributed by atoms with Gasteiger partial charge in [-0.25, -0.2) is 15.0 Å². The van der Waals surface area contributed by atoms with Crippen LogP contribution in [0.5, 0.6) is 0 Å². The Hall–Kier alpha value is -2.01. The van der Waals surface area contributed by atoms with Crippen molar-refractivity contribution in [3.63, 3.8) is 0 Å². The molecule has 0 radical (unpaired) electrons. The zero-order valence-electron chi connectivity index (χ0n) is 9.21. The fraction of sp³-hybridized carbons (Fsp3) is 0.0833. The highest BCUT2D eigenvalue weighted by Crippen LogP contribution is 2.28. The molecule has 1 N–H and O–H groups in total. The maximum absolute atomic E-state index is 4.49. The highest BCUT2D eigenvalue weighted by atomic mass is 32.1. The van der Waals surface area contributed by atoms with Crippen molar-refractivity contribution in [2.24, 2.45) is 0 Å². The van der Waals surface area contributed by atoms with Crippen LogP contribution in [-0.2, 0) is 0 Å². The molecular formula is C12H10N4S. The average Bonchev–Trinajstić information content (AvgIpc) is 2.82. The van der Waals surface area contributed by atoms with Crippen LogP contribution in [0.4, 0.5) is 5.82 Å². The van der Waals surface area contributed by atoms with E-state index in [1.165, 1.54) is 0 Å². The second-order valence-corrected chi connectivity index (χ2v) is 4.56. The summed E-state index contributed by atoms with van der Waals surface area (Å²) < 4.78 is 1.10. The summed E-state index contributed by atoms with van der Waals surface area (Å²) in [6.45, 7) is 0. The molecule has 0 saturated carbocycles. The third kappa shape index (κ3) is 1.85. The maximum atomic E-state index is 4.49. The first-order valence-electron chi connectivity index (χ1n) is 5.22. The van der Waals surface area contributed by atoms with Crippen molar-refractivity contribution >= 4 is 27.5 Å². The molecule has 0 saturated heterocycles. The fourth-order valence-electron chi connectivity index (χ4n) is 1.56. The molecule has 3 aromatic rings. The van der Waals surface area contributed by atoms with Crippen molar-refractivity contribution in [3.8, 4) is 10.6 Å². The topological polar surface area (TPSA) is 50.7 Å². The van der Waals surface area contributed by atoms with Gasteiger partial charge >= 0.3 is 0 Å². The van der Waals surface area contributed by atoms with Crippen LogP contribution in [0.3, 0.4) is 0 Å². The largest absolute Gasteiger partial charge is 0.373 e. The summed E-state index contributed by atoms with van der Waals surface area (Å²) in [5.41, 5.74) is 1.82. The third-order valence-corrected chi connectivity index (χ3v) is 3.49. The Bertz CT molecular complexity index is 612. The zero-order valence-corrected chi connectivity index (χ0v) is 10.0. The Morgan fingerprint density at radius 3 is 2.82 bits per heavy atom. The Kier molecular flexibility index (Phi) is 2.45. The maximum Gasteiger partial charge on any atom is 0.170 e. The number of nitrogens with one attached hydrogen (secondary N) is 1. The Labute approximate surface area is 102 Å². The van der Waals surface area contributed by atoms with Gasteiger partial charge in [-0.15, -0.1) is 11.3 Å². The SMILES string of the molecule is CNc1ccc(-c2nc3ncccc3s2)cn1. The van der Waals surface area contributed by atoms with Crippen LogP contribution in [0.25, 0.3) is 20.9 Å². The van der Waals surface area contributed by atoms with Crippen molar-refractivity contribution in [3.05, 3.63) is 36.7 Å². The van der Waals surface area contributed by atoms with Gasteiger partial charge in [0.15, 0.2) is 5.65 Å². The number of thiazole rings is 1. The summed E-state index contributed by atoms with van der Waals surface area (Å²) in [6, 6.07) is 7.90. The number of hydrogen-bond acceptors (Lipinski definition) is 5. The lowest BCUT2D eigenvalue weighted by Crippen LogP contribution is -1.90. The predicted molar refractivity (Wildman–Crippen MR) is 70.2 cm³/mol. The van der Waals surface area contributed by atoms with Crippen LogP contribution in [0.2, 0.25) is 0 Å². The van der Waals surface area contributed by atoms with E-state index in [9.17, 15) is 0 Å². The minimum Gasteiger partial charge on any atom is -0.373 e. The lowest BCUT2D eigenvalue weighted by molar-refractivity contribution is 1.27. The van der Waals surface area contributed by atoms with E-state index in [0.29, 0.717) is 0 Å². The van der Waals surface area contributed by atoms with Crippen molar-refractivity contribution < 1.29 is 0 Å². The number of fused-ring (bicyclic) bond motifs is 1. The number of rotatable bonds is 2. The first-order chi connectivity index (χ1) is 8.36. The molecule has 4 nitrogen and oxygen atoms in total. The molecule has 0 aliphatic carbocycles. The molecule has 0 fully saturated rings. The van der Waals surface area contributed by atoms with Crippen LogP contribution < -0.4 is 5.32 Å². The van der Waals surface area contributed by atoms with Crippen LogP contribution >= 0.6 is 11.3 Å². The van der Waals surface area contributed by atoms with Crippen LogP contribution in [0, 0.1) is 0 Å². The first-order valence-corrected chi connectivity index (χ1v) is 6.04. The molecule has 0 aromatic carbocycles. The number of nitrogens with zero attached hydrogens (tertiary/aromatic N) is 3. The van der Waals surface area contributed by atoms with Crippen molar-refractivity contribution in [1.29, 1.82) is 0 Å². The van der Waals surface area contributed by atoms with Gasteiger partial charge in [0.25, 0.3) is 0 Å². The van der Waals surface area contributed by atoms with Gasteiger partial charge in [-0.2, -0.15) is 0 Å². The van der Waals surface area contributed by atoms with Gasteiger partial charge in [0.2, 0.25) is 0 Å². The molecule has 3 rings (SSSR count). The molecule has 3 heterocycles. The highest BCUT2D eigenvalue weighted by molar-refractivity contribution is 7.21. The minimum absolute atomic E-state index is 0.796. The molecule has 3 aromatic heterocycles. The summed E-state index contributed by atoms with van der Waals surface area (Å²) in [5, 5.41) is 3.94. The lowest BCUT2D eigenvalue weighted by Gasteiger charge is -1.99. The van der Waals surface area contributed by atoms with E-state index >= 15 is 0 Å². The quantitative estimate of drug-likeness (QED) is 0.750. The van der Waals surface area contributed by atoms with Gasteiger partial charge in [0, 0.05) is 25.0 Å². The van der Waals surface area contributed by atoms with Crippen molar-refractivity contribution in [2.45, 2.75) is 0 Å². The molecule has 0 aliphatic heterocycles. The first kappa shape index (κ1) is 10.2. The van der Waals surface area contributed by atoms with E-state index in [4.69, 9.17) is 0 Å². The predicted octanol–water partition coefficient (Wildman–Crippen LogP) is 2.80. The highest BCUT2D eigenvalue weighted by Gasteiger charge is 2.06. The van der Waals surface area contributed by atoms with E-state index in [2.05, 4.69) is 20.3 Å². The van der Waals surface area contributed by atoms with Gasteiger partial charge in [-0.3, -0.25) is 0 Å². The monoisotopic (exact) mass is 242 g/mol. The molecule has 84 valence electrons. The minimum atomic E-state index is 0.796. The van der Waals surface area contributed by atoms with Crippen LogP contribution in [0.15, 0.2) is 36.7 Å². The summed E-state index contributed by atoms with van der Waals surface area (Å²) in [7, 11) is 1.85.